The number of nitrogens with zero attached hydrogens (tertiary/aromatic N) is 2. The minimum atomic E-state index is -2.98. The van der Waals surface area contributed by atoms with Crippen LogP contribution in [0.1, 0.15) is 0 Å². The van der Waals surface area contributed by atoms with Gasteiger partial charge in [0.25, 0.3) is 5.91 Å². The van der Waals surface area contributed by atoms with Crippen LogP contribution in [0.25, 0.3) is 0 Å². The highest BCUT2D eigenvalue weighted by atomic mass is 35.5. The molecule has 2 aliphatic rings. The van der Waals surface area contributed by atoms with Crippen LogP contribution in [0, 0.1) is 0 Å². The lowest BCUT2D eigenvalue weighted by atomic mass is 10.2. The number of thioether (sulfide) groups is 1. The lowest BCUT2D eigenvalue weighted by Crippen LogP contribution is -2.37. The van der Waals surface area contributed by atoms with E-state index in [9.17, 15) is 13.2 Å². The van der Waals surface area contributed by atoms with Crippen LogP contribution in [0.3, 0.4) is 0 Å². The highest BCUT2D eigenvalue weighted by Gasteiger charge is 2.48. The van der Waals surface area contributed by atoms with E-state index >= 15 is 0 Å². The Morgan fingerprint density at radius 2 is 2.33 bits per heavy atom. The van der Waals surface area contributed by atoms with E-state index < -0.39 is 15.7 Å². The van der Waals surface area contributed by atoms with Crippen molar-refractivity contribution < 1.29 is 13.2 Å². The Bertz CT molecular complexity index is 503. The first-order valence-electron chi connectivity index (χ1n) is 5.39. The Morgan fingerprint density at radius 1 is 1.61 bits per heavy atom. The quantitative estimate of drug-likeness (QED) is 0.561. The third kappa shape index (κ3) is 2.73. The third-order valence-corrected chi connectivity index (χ3v) is 6.31. The molecule has 2 heterocycles. The number of carbonyl (C=O) groups excluding carboxylic acids is 1. The number of amides is 1. The topological polar surface area (TPSA) is 66.8 Å². The van der Waals surface area contributed by atoms with Crippen LogP contribution >= 0.6 is 23.4 Å². The molecule has 2 unspecified atom stereocenters. The number of fused-ring (bicyclic) bond motifs is 1. The van der Waals surface area contributed by atoms with Crippen LogP contribution in [0.2, 0.25) is 0 Å². The van der Waals surface area contributed by atoms with E-state index in [4.69, 9.17) is 11.6 Å². The van der Waals surface area contributed by atoms with Gasteiger partial charge in [-0.3, -0.25) is 4.79 Å². The zero-order valence-corrected chi connectivity index (χ0v) is 12.0. The maximum absolute atomic E-state index is 11.6. The summed E-state index contributed by atoms with van der Waals surface area (Å²) in [7, 11) is -2.98. The Labute approximate surface area is 115 Å². The highest BCUT2D eigenvalue weighted by molar-refractivity contribution is 8.15. The smallest absolute Gasteiger partial charge is 0.262 e. The van der Waals surface area contributed by atoms with Crippen LogP contribution in [0.5, 0.6) is 0 Å². The fraction of sp³-hybridized carbons (Fsp3) is 0.600. The predicted octanol–water partition coefficient (Wildman–Crippen LogP) is 0.508. The van der Waals surface area contributed by atoms with E-state index in [1.807, 2.05) is 4.90 Å². The Kier molecular flexibility index (Phi) is 4.03. The lowest BCUT2D eigenvalue weighted by Gasteiger charge is -2.22. The summed E-state index contributed by atoms with van der Waals surface area (Å²) in [4.78, 5) is 17.0. The van der Waals surface area contributed by atoms with Gasteiger partial charge in [-0.05, 0) is 0 Å². The molecule has 100 valence electrons. The molecule has 0 radical (unpaired) electrons. The van der Waals surface area contributed by atoms with E-state index in [1.54, 1.807) is 6.08 Å². The summed E-state index contributed by atoms with van der Waals surface area (Å²) in [6, 6.07) is -0.111. The SMILES string of the molecule is C=CCN1C(=NC(=O)CCl)SC2CS(=O)(=O)CC21. The molecule has 8 heteroatoms. The fourth-order valence-corrected chi connectivity index (χ4v) is 6.16. The van der Waals surface area contributed by atoms with Crippen LogP contribution < -0.4 is 0 Å². The van der Waals surface area contributed by atoms with Crippen LogP contribution in [-0.2, 0) is 14.6 Å². The van der Waals surface area contributed by atoms with E-state index in [0.717, 1.165) is 0 Å². The maximum atomic E-state index is 11.6. The number of hydrogen-bond donors (Lipinski definition) is 0. The molecule has 1 amide bonds. The molecular formula is C10H13ClN2O3S2. The predicted molar refractivity (Wildman–Crippen MR) is 73.9 cm³/mol. The summed E-state index contributed by atoms with van der Waals surface area (Å²) in [5.74, 6) is -0.313. The van der Waals surface area contributed by atoms with E-state index in [1.165, 1.54) is 11.8 Å². The van der Waals surface area contributed by atoms with Gasteiger partial charge in [0.05, 0.1) is 17.5 Å². The van der Waals surface area contributed by atoms with Crippen molar-refractivity contribution in [3.05, 3.63) is 12.7 Å². The number of amidine groups is 1. The van der Waals surface area contributed by atoms with E-state index in [-0.39, 0.29) is 28.7 Å². The number of hydrogen-bond acceptors (Lipinski definition) is 4. The number of sulfone groups is 1. The summed E-state index contributed by atoms with van der Waals surface area (Å²) in [6.07, 6.45) is 1.68. The second-order valence-corrected chi connectivity index (χ2v) is 7.79. The molecule has 2 saturated heterocycles. The number of aliphatic imine (C=N–C) groups is 1. The van der Waals surface area contributed by atoms with Crippen molar-refractivity contribution >= 4 is 44.3 Å². The summed E-state index contributed by atoms with van der Waals surface area (Å²) >= 11 is 6.77. The van der Waals surface area contributed by atoms with Gasteiger partial charge in [-0.1, -0.05) is 17.8 Å². The standard InChI is InChI=1S/C10H13ClN2O3S2/c1-2-3-13-7-5-18(15,16)6-8(7)17-10(13)12-9(14)4-11/h2,7-8H,1,3-6H2. The molecule has 5 nitrogen and oxygen atoms in total. The molecule has 0 N–H and O–H groups in total. The normalized spacial score (nSPS) is 31.6. The number of alkyl halides is 1. The van der Waals surface area contributed by atoms with Gasteiger partial charge in [-0.15, -0.1) is 18.2 Å². The molecule has 0 aliphatic carbocycles. The molecule has 2 atom stereocenters. The van der Waals surface area contributed by atoms with Crippen LogP contribution in [-0.4, -0.2) is 59.6 Å². The zero-order chi connectivity index (χ0) is 13.3. The van der Waals surface area contributed by atoms with Crippen LogP contribution in [0.15, 0.2) is 17.6 Å². The Balaban J connectivity index is 2.24. The zero-order valence-electron chi connectivity index (χ0n) is 9.58. The largest absolute Gasteiger partial charge is 0.342 e. The van der Waals surface area contributed by atoms with Gasteiger partial charge in [0.1, 0.15) is 5.88 Å². The molecule has 0 aromatic rings. The van der Waals surface area contributed by atoms with Gasteiger partial charge < -0.3 is 4.90 Å². The van der Waals surface area contributed by atoms with Gasteiger partial charge in [0, 0.05) is 11.8 Å². The first kappa shape index (κ1) is 13.9. The Hall–Kier alpha value is -0.530. The summed E-state index contributed by atoms with van der Waals surface area (Å²) < 4.78 is 23.2. The fourth-order valence-electron chi connectivity index (χ4n) is 2.12. The summed E-state index contributed by atoms with van der Waals surface area (Å²) in [6.45, 7) is 4.13. The van der Waals surface area contributed by atoms with Crippen molar-refractivity contribution in [3.8, 4) is 0 Å². The highest BCUT2D eigenvalue weighted by Crippen LogP contribution is 2.37. The van der Waals surface area contributed by atoms with Gasteiger partial charge in [0.2, 0.25) is 0 Å². The van der Waals surface area contributed by atoms with Gasteiger partial charge in [-0.2, -0.15) is 4.99 Å². The molecule has 2 rings (SSSR count). The first-order valence-corrected chi connectivity index (χ1v) is 8.62. The summed E-state index contributed by atoms with van der Waals surface area (Å²) in [5.41, 5.74) is 0. The van der Waals surface area contributed by atoms with E-state index in [2.05, 4.69) is 11.6 Å². The number of halogens is 1. The van der Waals surface area contributed by atoms with Crippen molar-refractivity contribution in [1.29, 1.82) is 0 Å². The van der Waals surface area contributed by atoms with Gasteiger partial charge >= 0.3 is 0 Å². The van der Waals surface area contributed by atoms with Gasteiger partial charge in [-0.25, -0.2) is 8.42 Å². The Morgan fingerprint density at radius 3 is 2.94 bits per heavy atom. The summed E-state index contributed by atoms with van der Waals surface area (Å²) in [5, 5.41) is 0.516. The second-order valence-electron chi connectivity index (χ2n) is 4.16. The molecule has 0 aromatic carbocycles. The minimum Gasteiger partial charge on any atom is -0.342 e. The number of carbonyl (C=O) groups is 1. The molecule has 0 saturated carbocycles. The average Bonchev–Trinajstić information content (AvgIpc) is 2.73. The first-order chi connectivity index (χ1) is 8.46. The van der Waals surface area contributed by atoms with Crippen LogP contribution in [0.4, 0.5) is 0 Å². The molecule has 2 fully saturated rings. The molecule has 0 spiro atoms. The average molecular weight is 309 g/mol. The third-order valence-electron chi connectivity index (χ3n) is 2.84. The lowest BCUT2D eigenvalue weighted by molar-refractivity contribution is -0.115. The second kappa shape index (κ2) is 5.22. The van der Waals surface area contributed by atoms with Crippen molar-refractivity contribution in [2.24, 2.45) is 4.99 Å². The molecule has 18 heavy (non-hydrogen) atoms. The van der Waals surface area contributed by atoms with Crippen molar-refractivity contribution in [1.82, 2.24) is 4.90 Å². The minimum absolute atomic E-state index is 0.0446. The number of rotatable bonds is 3. The van der Waals surface area contributed by atoms with Crippen molar-refractivity contribution in [2.45, 2.75) is 11.3 Å². The van der Waals surface area contributed by atoms with Crippen molar-refractivity contribution in [3.63, 3.8) is 0 Å². The maximum Gasteiger partial charge on any atom is 0.262 e. The monoisotopic (exact) mass is 308 g/mol. The molecule has 2 aliphatic heterocycles. The molecular weight excluding hydrogens is 296 g/mol. The molecule has 0 bridgehead atoms. The van der Waals surface area contributed by atoms with Crippen molar-refractivity contribution in [2.75, 3.05) is 23.9 Å². The molecule has 0 aromatic heterocycles. The van der Waals surface area contributed by atoms with Gasteiger partial charge in [0.15, 0.2) is 15.0 Å². The van der Waals surface area contributed by atoms with E-state index in [0.29, 0.717) is 11.7 Å².